The second-order valence-electron chi connectivity index (χ2n) is 15.9. The predicted octanol–water partition coefficient (Wildman–Crippen LogP) is 7.07. The average Bonchev–Trinajstić information content (AvgIpc) is 3.57. The van der Waals surface area contributed by atoms with Gasteiger partial charge >= 0.3 is 5.97 Å². The van der Waals surface area contributed by atoms with Crippen molar-refractivity contribution in [2.45, 2.75) is 108 Å². The third-order valence-corrected chi connectivity index (χ3v) is 11.8. The third kappa shape index (κ3) is 6.88. The van der Waals surface area contributed by atoms with E-state index in [2.05, 4.69) is 22.2 Å². The number of hydrogen-bond acceptors (Lipinski definition) is 7. The van der Waals surface area contributed by atoms with E-state index in [9.17, 15) is 23.5 Å². The van der Waals surface area contributed by atoms with Crippen LogP contribution in [0.1, 0.15) is 94.2 Å². The van der Waals surface area contributed by atoms with Crippen molar-refractivity contribution in [3.05, 3.63) is 41.9 Å². The highest BCUT2D eigenvalue weighted by molar-refractivity contribution is 6.00. The van der Waals surface area contributed by atoms with Crippen LogP contribution in [-0.4, -0.2) is 86.8 Å². The van der Waals surface area contributed by atoms with Crippen LogP contribution in [0.5, 0.6) is 5.75 Å². The Labute approximate surface area is 300 Å². The zero-order valence-corrected chi connectivity index (χ0v) is 30.0. The van der Waals surface area contributed by atoms with Gasteiger partial charge in [0.15, 0.2) is 5.82 Å². The number of ether oxygens (including phenoxy) is 2. The summed E-state index contributed by atoms with van der Waals surface area (Å²) in [4.78, 5) is 36.9. The minimum Gasteiger partial charge on any atom is -0.490 e. The number of aromatic nitrogens is 3. The van der Waals surface area contributed by atoms with Crippen molar-refractivity contribution >= 4 is 22.8 Å². The Morgan fingerprint density at radius 1 is 1.13 bits per heavy atom. The molecule has 5 atom stereocenters. The first-order chi connectivity index (χ1) is 24.6. The molecule has 1 aliphatic heterocycles. The molecule has 282 valence electrons. The first-order valence-electron chi connectivity index (χ1n) is 18.3. The summed E-state index contributed by atoms with van der Waals surface area (Å²) in [6, 6.07) is 5.49. The molecule has 3 aliphatic carbocycles. The summed E-state index contributed by atoms with van der Waals surface area (Å²) < 4.78 is 71.2. The number of carboxylic acid groups (broad SMARTS) is 1. The monoisotopic (exact) mass is 729 g/mol. The van der Waals surface area contributed by atoms with Gasteiger partial charge in [-0.25, -0.2) is 23.5 Å². The number of carboxylic acids is 1. The van der Waals surface area contributed by atoms with E-state index in [1.54, 1.807) is 19.4 Å². The van der Waals surface area contributed by atoms with E-state index in [1.807, 2.05) is 28.5 Å². The normalized spacial score (nSPS) is 29.4. The summed E-state index contributed by atoms with van der Waals surface area (Å²) in [7, 11) is 1.59. The summed E-state index contributed by atoms with van der Waals surface area (Å²) in [6.07, 6.45) is 8.25. The number of nitrogens with one attached hydrogen (secondary N) is 1. The average molecular weight is 730 g/mol. The Bertz CT molecular complexity index is 1830. The predicted molar refractivity (Wildman–Crippen MR) is 185 cm³/mol. The fourth-order valence-corrected chi connectivity index (χ4v) is 9.38. The van der Waals surface area contributed by atoms with Crippen LogP contribution in [0.2, 0.25) is 0 Å². The molecule has 4 unspecified atom stereocenters. The summed E-state index contributed by atoms with van der Waals surface area (Å²) >= 11 is 0. The maximum atomic E-state index is 15.3. The number of hydrogen-bond donors (Lipinski definition) is 2. The van der Waals surface area contributed by atoms with Crippen LogP contribution in [0.3, 0.4) is 0 Å². The molecule has 2 N–H and O–H groups in total. The van der Waals surface area contributed by atoms with Crippen molar-refractivity contribution < 1.29 is 41.7 Å². The van der Waals surface area contributed by atoms with E-state index in [-0.39, 0.29) is 55.4 Å². The van der Waals surface area contributed by atoms with Crippen LogP contribution in [0.15, 0.2) is 30.6 Å². The molecule has 1 amide bonds. The van der Waals surface area contributed by atoms with E-state index in [4.69, 9.17) is 9.47 Å². The molecule has 52 heavy (non-hydrogen) atoms. The number of benzene rings is 1. The molecule has 0 radical (unpaired) electrons. The lowest BCUT2D eigenvalue weighted by atomic mass is 9.78. The number of carbonyl (C=O) groups is 2. The Morgan fingerprint density at radius 3 is 2.52 bits per heavy atom. The SMILES string of the molecule is COC[C@H](C)n1cc(-c2ncc(C(=O)NC3(C(=O)O)CC4CC(C)CC3C4)c(C(C)(F)F)n2)c2ccc(OC3CCC(N4CC(F)(F)C4)CC3)cc21. The molecular weight excluding hydrogens is 682 g/mol. The van der Waals surface area contributed by atoms with Crippen LogP contribution >= 0.6 is 0 Å². The third-order valence-electron chi connectivity index (χ3n) is 11.8. The smallest absolute Gasteiger partial charge is 0.329 e. The van der Waals surface area contributed by atoms with Gasteiger partial charge in [0, 0.05) is 49.5 Å². The molecule has 2 aromatic heterocycles. The molecule has 3 heterocycles. The number of rotatable bonds is 11. The van der Waals surface area contributed by atoms with E-state index >= 15 is 8.78 Å². The Balaban J connectivity index is 1.16. The molecule has 3 aromatic rings. The number of nitrogens with zero attached hydrogens (tertiary/aromatic N) is 4. The van der Waals surface area contributed by atoms with Crippen molar-refractivity contribution in [3.63, 3.8) is 0 Å². The number of alkyl halides is 4. The Hall–Kier alpha value is -3.78. The molecule has 10 nitrogen and oxygen atoms in total. The second kappa shape index (κ2) is 13.6. The standard InChI is InChI=1S/C38H47F4N5O5/c1-21-11-23-13-24(12-21)38(15-23,35(49)50)45-34(48)29-16-43-33(44-32(29)36(3,39)40)30-17-47(22(2)18-51-4)31-14-27(9-10-28(30)31)52-26-7-5-25(6-8-26)46-19-37(41,42)20-46/h9-10,14,16-17,21-26H,5-8,11-13,15,18-20H2,1-4H3,(H,45,48)(H,49,50)/t21?,22-,23?,24?,25?,26?,38?/m0/s1. The van der Waals surface area contributed by atoms with Crippen molar-refractivity contribution in [1.29, 1.82) is 0 Å². The minimum atomic E-state index is -3.54. The molecule has 1 aromatic carbocycles. The van der Waals surface area contributed by atoms with E-state index < -0.39 is 40.5 Å². The van der Waals surface area contributed by atoms with Gasteiger partial charge in [0.05, 0.1) is 42.9 Å². The molecule has 4 aliphatic rings. The minimum absolute atomic E-state index is 0.0106. The maximum absolute atomic E-state index is 15.3. The molecule has 4 fully saturated rings. The van der Waals surface area contributed by atoms with Crippen LogP contribution in [-0.2, 0) is 15.5 Å². The van der Waals surface area contributed by atoms with Gasteiger partial charge in [0.25, 0.3) is 17.8 Å². The summed E-state index contributed by atoms with van der Waals surface area (Å²) in [5, 5.41) is 13.7. The molecule has 0 spiro atoms. The van der Waals surface area contributed by atoms with Crippen molar-refractivity contribution in [2.75, 3.05) is 26.8 Å². The highest BCUT2D eigenvalue weighted by Gasteiger charge is 2.56. The van der Waals surface area contributed by atoms with Crippen LogP contribution in [0.25, 0.3) is 22.3 Å². The van der Waals surface area contributed by atoms with Crippen LogP contribution < -0.4 is 10.1 Å². The first-order valence-corrected chi connectivity index (χ1v) is 18.3. The number of halogens is 4. The molecule has 3 saturated carbocycles. The van der Waals surface area contributed by atoms with E-state index in [0.717, 1.165) is 43.8 Å². The number of fused-ring (bicyclic) bond motifs is 3. The quantitative estimate of drug-likeness (QED) is 0.202. The van der Waals surface area contributed by atoms with E-state index in [0.29, 0.717) is 49.0 Å². The Kier molecular flexibility index (Phi) is 9.54. The van der Waals surface area contributed by atoms with Gasteiger partial charge in [-0.15, -0.1) is 0 Å². The fraction of sp³-hybridized carbons (Fsp3) is 0.632. The second-order valence-corrected chi connectivity index (χ2v) is 15.9. The lowest BCUT2D eigenvalue weighted by molar-refractivity contribution is -0.151. The molecule has 7 rings (SSSR count). The number of aliphatic carboxylic acids is 1. The zero-order valence-electron chi connectivity index (χ0n) is 30.0. The van der Waals surface area contributed by atoms with E-state index in [1.165, 1.54) is 0 Å². The van der Waals surface area contributed by atoms with Gasteiger partial charge in [-0.1, -0.05) is 6.92 Å². The molecule has 14 heteroatoms. The van der Waals surface area contributed by atoms with Crippen molar-refractivity contribution in [3.8, 4) is 17.1 Å². The summed E-state index contributed by atoms with van der Waals surface area (Å²) in [5.41, 5.74) is -1.57. The fourth-order valence-electron chi connectivity index (χ4n) is 9.38. The highest BCUT2D eigenvalue weighted by atomic mass is 19.3. The number of likely N-dealkylation sites (tertiary alicyclic amines) is 1. The van der Waals surface area contributed by atoms with Crippen molar-refractivity contribution in [2.24, 2.45) is 17.8 Å². The van der Waals surface area contributed by atoms with Crippen molar-refractivity contribution in [1.82, 2.24) is 24.8 Å². The first kappa shape index (κ1) is 36.6. The van der Waals surface area contributed by atoms with Gasteiger partial charge in [0.1, 0.15) is 17.0 Å². The highest BCUT2D eigenvalue weighted by Crippen LogP contribution is 2.51. The zero-order chi connectivity index (χ0) is 37.2. The van der Waals surface area contributed by atoms with Crippen LogP contribution in [0, 0.1) is 17.8 Å². The maximum Gasteiger partial charge on any atom is 0.329 e. The van der Waals surface area contributed by atoms with Gasteiger partial charge in [-0.05, 0) is 88.2 Å². The topological polar surface area (TPSA) is 119 Å². The molecule has 2 bridgehead atoms. The number of methoxy groups -OCH3 is 1. The number of carbonyl (C=O) groups excluding carboxylic acids is 1. The number of amides is 1. The van der Waals surface area contributed by atoms with Gasteiger partial charge in [-0.3, -0.25) is 9.69 Å². The van der Waals surface area contributed by atoms with Gasteiger partial charge in [-0.2, -0.15) is 8.78 Å². The van der Waals surface area contributed by atoms with Crippen LogP contribution in [0.4, 0.5) is 17.6 Å². The Morgan fingerprint density at radius 2 is 1.87 bits per heavy atom. The molecular formula is C38H47F4N5O5. The lowest BCUT2D eigenvalue weighted by Gasteiger charge is -2.46. The van der Waals surface area contributed by atoms with Gasteiger partial charge in [0.2, 0.25) is 0 Å². The van der Waals surface area contributed by atoms with Gasteiger partial charge < -0.3 is 24.5 Å². The summed E-state index contributed by atoms with van der Waals surface area (Å²) in [6.45, 7) is 4.68. The lowest BCUT2D eigenvalue weighted by Crippen LogP contribution is -2.60. The largest absolute Gasteiger partial charge is 0.490 e. The molecule has 1 saturated heterocycles. The summed E-state index contributed by atoms with van der Waals surface area (Å²) in [5.74, 6) is -7.45.